The number of hydrogen-bond acceptors (Lipinski definition) is 4. The molecule has 0 spiro atoms. The van der Waals surface area contributed by atoms with Crippen LogP contribution in [0.1, 0.15) is 38.2 Å². The second-order valence-electron chi connectivity index (χ2n) is 6.95. The number of benzene rings is 1. The summed E-state index contributed by atoms with van der Waals surface area (Å²) in [5.74, 6) is -0.170. The second kappa shape index (κ2) is 7.43. The summed E-state index contributed by atoms with van der Waals surface area (Å²) in [6.07, 6.45) is 4.19. The largest absolute Gasteiger partial charge is 0.374 e. The maximum Gasteiger partial charge on any atom is 0.241 e. The van der Waals surface area contributed by atoms with Crippen molar-refractivity contribution in [3.8, 4) is 0 Å². The minimum atomic E-state index is -3.72. The molecule has 1 aromatic carbocycles. The van der Waals surface area contributed by atoms with Gasteiger partial charge in [-0.15, -0.1) is 0 Å². The lowest BCUT2D eigenvalue weighted by Crippen LogP contribution is -2.58. The van der Waals surface area contributed by atoms with E-state index in [1.807, 2.05) is 11.8 Å². The lowest BCUT2D eigenvalue weighted by atomic mass is 9.90. The van der Waals surface area contributed by atoms with Gasteiger partial charge in [0.2, 0.25) is 15.9 Å². The van der Waals surface area contributed by atoms with E-state index in [-0.39, 0.29) is 22.9 Å². The zero-order chi connectivity index (χ0) is 18.0. The molecular weight excluding hydrogens is 340 g/mol. The van der Waals surface area contributed by atoms with Gasteiger partial charge in [0.25, 0.3) is 0 Å². The van der Waals surface area contributed by atoms with Crippen LogP contribution >= 0.6 is 0 Å². The Morgan fingerprint density at radius 2 is 1.92 bits per heavy atom. The summed E-state index contributed by atoms with van der Waals surface area (Å²) < 4.78 is 33.4. The van der Waals surface area contributed by atoms with Crippen LogP contribution < -0.4 is 4.72 Å². The number of nitrogens with one attached hydrogen (secondary N) is 1. The van der Waals surface area contributed by atoms with Crippen molar-refractivity contribution in [2.45, 2.75) is 62.6 Å². The number of carbonyl (C=O) groups is 1. The quantitative estimate of drug-likeness (QED) is 0.882. The van der Waals surface area contributed by atoms with Gasteiger partial charge < -0.3 is 9.64 Å². The molecule has 25 heavy (non-hydrogen) atoms. The third-order valence-corrected chi connectivity index (χ3v) is 6.61. The van der Waals surface area contributed by atoms with Crippen LogP contribution in [0, 0.1) is 6.92 Å². The van der Waals surface area contributed by atoms with Crippen molar-refractivity contribution in [2.24, 2.45) is 0 Å². The molecule has 1 N–H and O–H groups in total. The molecule has 0 aromatic heterocycles. The van der Waals surface area contributed by atoms with Crippen LogP contribution in [-0.2, 0) is 19.6 Å². The SMILES string of the molecule is Cc1ccc(S(=O)(=O)N[C@@H](C)C(=O)N2CCO[C@@H]3CCCC[C@@H]32)cc1. The van der Waals surface area contributed by atoms with Gasteiger partial charge in [-0.1, -0.05) is 30.5 Å². The maximum atomic E-state index is 12.9. The monoisotopic (exact) mass is 366 g/mol. The van der Waals surface area contributed by atoms with Gasteiger partial charge >= 0.3 is 0 Å². The van der Waals surface area contributed by atoms with E-state index in [0.29, 0.717) is 13.2 Å². The molecule has 1 amide bonds. The summed E-state index contributed by atoms with van der Waals surface area (Å²) in [7, 11) is -3.72. The maximum absolute atomic E-state index is 12.9. The number of aryl methyl sites for hydroxylation is 1. The highest BCUT2D eigenvalue weighted by atomic mass is 32.2. The van der Waals surface area contributed by atoms with E-state index >= 15 is 0 Å². The first-order valence-corrected chi connectivity index (χ1v) is 10.4. The first-order chi connectivity index (χ1) is 11.9. The Labute approximate surface area is 149 Å². The zero-order valence-corrected chi connectivity index (χ0v) is 15.6. The fourth-order valence-corrected chi connectivity index (χ4v) is 4.88. The van der Waals surface area contributed by atoms with E-state index in [2.05, 4.69) is 4.72 Å². The summed E-state index contributed by atoms with van der Waals surface area (Å²) in [5.41, 5.74) is 0.986. The Morgan fingerprint density at radius 3 is 2.64 bits per heavy atom. The number of carbonyl (C=O) groups excluding carboxylic acids is 1. The lowest BCUT2D eigenvalue weighted by Gasteiger charge is -2.44. The number of sulfonamides is 1. The van der Waals surface area contributed by atoms with E-state index in [0.717, 1.165) is 31.2 Å². The minimum absolute atomic E-state index is 0.0707. The first kappa shape index (κ1) is 18.4. The topological polar surface area (TPSA) is 75.7 Å². The molecule has 1 aliphatic heterocycles. The molecule has 1 heterocycles. The molecular formula is C18H26N2O4S. The fraction of sp³-hybridized carbons (Fsp3) is 0.611. The van der Waals surface area contributed by atoms with Gasteiger partial charge in [0.1, 0.15) is 0 Å². The summed E-state index contributed by atoms with van der Waals surface area (Å²) in [6.45, 7) is 4.55. The summed E-state index contributed by atoms with van der Waals surface area (Å²) >= 11 is 0. The Hall–Kier alpha value is -1.44. The molecule has 2 aliphatic rings. The highest BCUT2D eigenvalue weighted by Crippen LogP contribution is 2.29. The zero-order valence-electron chi connectivity index (χ0n) is 14.8. The van der Waals surface area contributed by atoms with Crippen LogP contribution in [0.15, 0.2) is 29.2 Å². The molecule has 0 bridgehead atoms. The van der Waals surface area contributed by atoms with Crippen LogP contribution in [0.25, 0.3) is 0 Å². The molecule has 6 nitrogen and oxygen atoms in total. The van der Waals surface area contributed by atoms with Crippen molar-refractivity contribution in [1.82, 2.24) is 9.62 Å². The van der Waals surface area contributed by atoms with Gasteiger partial charge in [0.15, 0.2) is 0 Å². The number of rotatable bonds is 4. The van der Waals surface area contributed by atoms with E-state index in [9.17, 15) is 13.2 Å². The molecule has 0 radical (unpaired) electrons. The number of amides is 1. The molecule has 7 heteroatoms. The van der Waals surface area contributed by atoms with Gasteiger partial charge in [0, 0.05) is 6.54 Å². The van der Waals surface area contributed by atoms with Crippen LogP contribution in [0.5, 0.6) is 0 Å². The number of nitrogens with zero attached hydrogens (tertiary/aromatic N) is 1. The van der Waals surface area contributed by atoms with Crippen LogP contribution in [0.2, 0.25) is 0 Å². The van der Waals surface area contributed by atoms with Crippen molar-refractivity contribution >= 4 is 15.9 Å². The molecule has 1 aromatic rings. The van der Waals surface area contributed by atoms with Crippen molar-refractivity contribution in [2.75, 3.05) is 13.2 Å². The molecule has 138 valence electrons. The van der Waals surface area contributed by atoms with Crippen molar-refractivity contribution in [1.29, 1.82) is 0 Å². The average Bonchev–Trinajstić information content (AvgIpc) is 2.60. The third-order valence-electron chi connectivity index (χ3n) is 5.05. The molecule has 0 unspecified atom stereocenters. The minimum Gasteiger partial charge on any atom is -0.374 e. The predicted octanol–water partition coefficient (Wildman–Crippen LogP) is 1.83. The standard InChI is InChI=1S/C18H26N2O4S/c1-13-7-9-15(10-8-13)25(22,23)19-14(2)18(21)20-11-12-24-17-6-4-3-5-16(17)20/h7-10,14,16-17,19H,3-6,11-12H2,1-2H3/t14-,16-,17+/m0/s1. The normalized spacial score (nSPS) is 25.3. The average molecular weight is 366 g/mol. The second-order valence-corrected chi connectivity index (χ2v) is 8.66. The molecule has 3 rings (SSSR count). The Bertz CT molecular complexity index is 715. The number of fused-ring (bicyclic) bond motifs is 1. The summed E-state index contributed by atoms with van der Waals surface area (Å²) in [6, 6.07) is 5.88. The molecule has 2 fully saturated rings. The van der Waals surface area contributed by atoms with Gasteiger partial charge in [-0.25, -0.2) is 8.42 Å². The first-order valence-electron chi connectivity index (χ1n) is 8.89. The number of ether oxygens (including phenoxy) is 1. The van der Waals surface area contributed by atoms with E-state index < -0.39 is 16.1 Å². The Kier molecular flexibility index (Phi) is 5.46. The molecule has 3 atom stereocenters. The van der Waals surface area contributed by atoms with Crippen LogP contribution in [0.4, 0.5) is 0 Å². The Balaban J connectivity index is 1.70. The summed E-state index contributed by atoms with van der Waals surface area (Å²) in [5, 5.41) is 0. The number of morpholine rings is 1. The molecule has 1 saturated carbocycles. The van der Waals surface area contributed by atoms with Crippen LogP contribution in [-0.4, -0.2) is 50.6 Å². The molecule has 1 aliphatic carbocycles. The van der Waals surface area contributed by atoms with Gasteiger partial charge in [-0.05, 0) is 38.8 Å². The van der Waals surface area contributed by atoms with Crippen LogP contribution in [0.3, 0.4) is 0 Å². The van der Waals surface area contributed by atoms with Gasteiger partial charge in [0.05, 0.1) is 29.7 Å². The van der Waals surface area contributed by atoms with Crippen molar-refractivity contribution < 1.29 is 17.9 Å². The smallest absolute Gasteiger partial charge is 0.241 e. The molecule has 1 saturated heterocycles. The van der Waals surface area contributed by atoms with Crippen molar-refractivity contribution in [3.63, 3.8) is 0 Å². The van der Waals surface area contributed by atoms with E-state index in [1.54, 1.807) is 31.2 Å². The van der Waals surface area contributed by atoms with Gasteiger partial charge in [-0.2, -0.15) is 4.72 Å². The Morgan fingerprint density at radius 1 is 1.24 bits per heavy atom. The highest BCUT2D eigenvalue weighted by Gasteiger charge is 2.38. The van der Waals surface area contributed by atoms with E-state index in [4.69, 9.17) is 4.74 Å². The fourth-order valence-electron chi connectivity index (χ4n) is 3.69. The summed E-state index contributed by atoms with van der Waals surface area (Å²) in [4.78, 5) is 14.9. The van der Waals surface area contributed by atoms with E-state index in [1.165, 1.54) is 0 Å². The predicted molar refractivity (Wildman–Crippen MR) is 94.7 cm³/mol. The third kappa shape index (κ3) is 4.04. The lowest BCUT2D eigenvalue weighted by molar-refractivity contribution is -0.150. The van der Waals surface area contributed by atoms with Gasteiger partial charge in [-0.3, -0.25) is 4.79 Å². The highest BCUT2D eigenvalue weighted by molar-refractivity contribution is 7.89. The number of hydrogen-bond donors (Lipinski definition) is 1. The van der Waals surface area contributed by atoms with Crippen molar-refractivity contribution in [3.05, 3.63) is 29.8 Å².